The van der Waals surface area contributed by atoms with Crippen LogP contribution >= 0.6 is 23.2 Å². The van der Waals surface area contributed by atoms with Gasteiger partial charge in [0, 0.05) is 27.2 Å². The number of nitrogens with one attached hydrogen (secondary N) is 2. The Labute approximate surface area is 194 Å². The van der Waals surface area contributed by atoms with Crippen molar-refractivity contribution in [1.82, 2.24) is 5.32 Å². The van der Waals surface area contributed by atoms with Gasteiger partial charge in [-0.25, -0.2) is 8.78 Å². The van der Waals surface area contributed by atoms with E-state index in [2.05, 4.69) is 10.6 Å². The summed E-state index contributed by atoms with van der Waals surface area (Å²) in [6, 6.07) is 14.5. The number of hydrogen-bond acceptors (Lipinski definition) is 2. The molecule has 0 radical (unpaired) electrons. The van der Waals surface area contributed by atoms with Gasteiger partial charge in [0.25, 0.3) is 0 Å². The molecule has 2 aliphatic heterocycles. The zero-order valence-electron chi connectivity index (χ0n) is 17.2. The van der Waals surface area contributed by atoms with Gasteiger partial charge in [0.1, 0.15) is 5.41 Å². The molecule has 3 aromatic rings. The van der Waals surface area contributed by atoms with Gasteiger partial charge in [0.05, 0.1) is 6.04 Å². The van der Waals surface area contributed by atoms with E-state index in [1.165, 1.54) is 0 Å². The number of carbonyl (C=O) groups excluding carboxylic acids is 1. The van der Waals surface area contributed by atoms with Crippen molar-refractivity contribution in [3.8, 4) is 0 Å². The van der Waals surface area contributed by atoms with E-state index in [0.717, 1.165) is 11.6 Å². The minimum Gasteiger partial charge on any atom is -0.325 e. The molecule has 0 aliphatic carbocycles. The third-order valence-electron chi connectivity index (χ3n) is 6.73. The Bertz CT molecular complexity index is 1250. The summed E-state index contributed by atoms with van der Waals surface area (Å²) in [5.41, 5.74) is 1.67. The fourth-order valence-corrected chi connectivity index (χ4v) is 5.79. The van der Waals surface area contributed by atoms with Gasteiger partial charge in [-0.15, -0.1) is 0 Å². The molecular formula is C25H20Cl2F2N2O. The predicted octanol–water partition coefficient (Wildman–Crippen LogP) is 6.29. The molecule has 1 fully saturated rings. The Morgan fingerprint density at radius 2 is 1.81 bits per heavy atom. The van der Waals surface area contributed by atoms with Crippen LogP contribution in [0.25, 0.3) is 0 Å². The number of fused-ring (bicyclic) bond motifs is 2. The lowest BCUT2D eigenvalue weighted by Crippen LogP contribution is -2.55. The first-order valence-electron chi connectivity index (χ1n) is 10.4. The van der Waals surface area contributed by atoms with Crippen molar-refractivity contribution in [2.45, 2.75) is 30.7 Å². The number of aryl methyl sites for hydroxylation is 1. The van der Waals surface area contributed by atoms with Crippen LogP contribution in [0.2, 0.25) is 10.0 Å². The number of benzene rings is 3. The van der Waals surface area contributed by atoms with Crippen LogP contribution < -0.4 is 10.6 Å². The van der Waals surface area contributed by atoms with Crippen LogP contribution in [0.4, 0.5) is 14.5 Å². The molecule has 2 N–H and O–H groups in total. The molecule has 2 heterocycles. The summed E-state index contributed by atoms with van der Waals surface area (Å²) in [5.74, 6) is -2.48. The molecule has 0 aromatic heterocycles. The molecule has 5 rings (SSSR count). The highest BCUT2D eigenvalue weighted by molar-refractivity contribution is 6.31. The minimum atomic E-state index is -1.22. The van der Waals surface area contributed by atoms with Gasteiger partial charge in [0.15, 0.2) is 11.6 Å². The first kappa shape index (κ1) is 21.4. The van der Waals surface area contributed by atoms with Crippen LogP contribution in [-0.4, -0.2) is 12.5 Å². The Hall–Kier alpha value is -2.47. The van der Waals surface area contributed by atoms with Gasteiger partial charge in [-0.05, 0) is 66.9 Å². The zero-order valence-corrected chi connectivity index (χ0v) is 18.7. The van der Waals surface area contributed by atoms with Crippen LogP contribution in [-0.2, 0) is 10.2 Å². The van der Waals surface area contributed by atoms with Crippen LogP contribution in [0, 0.1) is 18.6 Å². The Morgan fingerprint density at radius 1 is 1.03 bits per heavy atom. The second-order valence-corrected chi connectivity index (χ2v) is 9.26. The van der Waals surface area contributed by atoms with E-state index < -0.39 is 23.1 Å². The Kier molecular flexibility index (Phi) is 5.24. The standard InChI is InChI=1S/C25H20Cl2F2N2O/c1-13-5-8-19(28)22(29)21(13)23-25(18-7-6-16(27)12-20(18)31-24(25)32)17(9-10-30-23)14-3-2-4-15(26)11-14/h2-8,11-12,17,23,30H,9-10H2,1H3,(H,31,32)/t17-,23-,25+/m0/s1. The molecule has 1 amide bonds. The number of halogens is 4. The molecular weight excluding hydrogens is 453 g/mol. The van der Waals surface area contributed by atoms with Crippen molar-refractivity contribution >= 4 is 34.8 Å². The average molecular weight is 473 g/mol. The second-order valence-electron chi connectivity index (χ2n) is 8.39. The number of hydrogen-bond donors (Lipinski definition) is 2. The zero-order chi connectivity index (χ0) is 22.6. The fraction of sp³-hybridized carbons (Fsp3) is 0.240. The molecule has 164 valence electrons. The minimum absolute atomic E-state index is 0.162. The average Bonchev–Trinajstić information content (AvgIpc) is 3.03. The highest BCUT2D eigenvalue weighted by Crippen LogP contribution is 2.58. The third-order valence-corrected chi connectivity index (χ3v) is 7.20. The van der Waals surface area contributed by atoms with Gasteiger partial charge >= 0.3 is 0 Å². The maximum absolute atomic E-state index is 15.3. The normalized spacial score (nSPS) is 24.5. The molecule has 3 atom stereocenters. The summed E-state index contributed by atoms with van der Waals surface area (Å²) in [6.07, 6.45) is 0.613. The van der Waals surface area contributed by atoms with Gasteiger partial charge in [0.2, 0.25) is 5.91 Å². The molecule has 7 heteroatoms. The maximum Gasteiger partial charge on any atom is 0.237 e. The van der Waals surface area contributed by atoms with Crippen molar-refractivity contribution < 1.29 is 13.6 Å². The molecule has 3 aromatic carbocycles. The Morgan fingerprint density at radius 3 is 2.59 bits per heavy atom. The highest BCUT2D eigenvalue weighted by atomic mass is 35.5. The Balaban J connectivity index is 1.83. The van der Waals surface area contributed by atoms with E-state index in [4.69, 9.17) is 23.2 Å². The van der Waals surface area contributed by atoms with Crippen molar-refractivity contribution in [2.75, 3.05) is 11.9 Å². The quantitative estimate of drug-likeness (QED) is 0.460. The lowest BCUT2D eigenvalue weighted by molar-refractivity contribution is -0.123. The van der Waals surface area contributed by atoms with Crippen molar-refractivity contribution in [1.29, 1.82) is 0 Å². The molecule has 32 heavy (non-hydrogen) atoms. The van der Waals surface area contributed by atoms with Crippen molar-refractivity contribution in [3.05, 3.63) is 98.5 Å². The van der Waals surface area contributed by atoms with Crippen LogP contribution in [0.1, 0.15) is 40.6 Å². The second kappa shape index (κ2) is 7.84. The van der Waals surface area contributed by atoms with E-state index in [0.29, 0.717) is 39.8 Å². The summed E-state index contributed by atoms with van der Waals surface area (Å²) in [4.78, 5) is 13.8. The molecule has 0 unspecified atom stereocenters. The van der Waals surface area contributed by atoms with Crippen LogP contribution in [0.15, 0.2) is 54.6 Å². The largest absolute Gasteiger partial charge is 0.325 e. The van der Waals surface area contributed by atoms with Crippen molar-refractivity contribution in [2.24, 2.45) is 0 Å². The van der Waals surface area contributed by atoms with E-state index in [1.807, 2.05) is 18.2 Å². The smallest absolute Gasteiger partial charge is 0.237 e. The summed E-state index contributed by atoms with van der Waals surface area (Å²) < 4.78 is 29.6. The SMILES string of the molecule is Cc1ccc(F)c(F)c1[C@@H]1NCC[C@@H](c2cccc(Cl)c2)[C@]12C(=O)Nc1cc(Cl)ccc12. The number of amides is 1. The molecule has 1 saturated heterocycles. The van der Waals surface area contributed by atoms with Crippen molar-refractivity contribution in [3.63, 3.8) is 0 Å². The fourth-order valence-electron chi connectivity index (χ4n) is 5.42. The monoisotopic (exact) mass is 472 g/mol. The van der Waals surface area contributed by atoms with Gasteiger partial charge in [-0.3, -0.25) is 4.79 Å². The maximum atomic E-state index is 15.3. The lowest BCUT2D eigenvalue weighted by atomic mass is 9.59. The number of rotatable bonds is 2. The first-order chi connectivity index (χ1) is 15.3. The van der Waals surface area contributed by atoms with E-state index in [-0.39, 0.29) is 17.4 Å². The highest BCUT2D eigenvalue weighted by Gasteiger charge is 2.60. The van der Waals surface area contributed by atoms with Gasteiger partial charge in [-0.1, -0.05) is 47.5 Å². The molecule has 1 spiro atoms. The van der Waals surface area contributed by atoms with E-state index in [9.17, 15) is 9.18 Å². The van der Waals surface area contributed by atoms with Gasteiger partial charge in [-0.2, -0.15) is 0 Å². The lowest BCUT2D eigenvalue weighted by Gasteiger charge is -2.47. The summed E-state index contributed by atoms with van der Waals surface area (Å²) >= 11 is 12.5. The van der Waals surface area contributed by atoms with E-state index >= 15 is 4.39 Å². The predicted molar refractivity (Wildman–Crippen MR) is 122 cm³/mol. The number of piperidine rings is 1. The molecule has 3 nitrogen and oxygen atoms in total. The number of carbonyl (C=O) groups is 1. The third kappa shape index (κ3) is 3.06. The van der Waals surface area contributed by atoms with Crippen LogP contribution in [0.3, 0.4) is 0 Å². The summed E-state index contributed by atoms with van der Waals surface area (Å²) in [5, 5.41) is 7.33. The van der Waals surface area contributed by atoms with E-state index in [1.54, 1.807) is 37.3 Å². The van der Waals surface area contributed by atoms with Crippen LogP contribution in [0.5, 0.6) is 0 Å². The molecule has 0 bridgehead atoms. The summed E-state index contributed by atoms with van der Waals surface area (Å²) in [7, 11) is 0. The molecule has 2 aliphatic rings. The number of anilines is 1. The molecule has 0 saturated carbocycles. The topological polar surface area (TPSA) is 41.1 Å². The van der Waals surface area contributed by atoms with Gasteiger partial charge < -0.3 is 10.6 Å². The first-order valence-corrected chi connectivity index (χ1v) is 11.1. The summed E-state index contributed by atoms with van der Waals surface area (Å²) in [6.45, 7) is 2.25.